The van der Waals surface area contributed by atoms with Crippen LogP contribution in [0.15, 0.2) is 109 Å². The second-order valence-corrected chi connectivity index (χ2v) is 9.73. The molecule has 0 amide bonds. The molecule has 7 aromatic rings. The maximum absolute atomic E-state index is 5.89. The summed E-state index contributed by atoms with van der Waals surface area (Å²) in [7, 11) is 0. The molecular formula is C36H25N. The number of hydrogen-bond acceptors (Lipinski definition) is 0. The molecule has 0 N–H and O–H groups in total. The molecule has 0 spiro atoms. The minimum Gasteiger partial charge on any atom is -0.308 e. The Morgan fingerprint density at radius 1 is 0.757 bits per heavy atom. The third-order valence-electron chi connectivity index (χ3n) is 7.68. The van der Waals surface area contributed by atoms with Crippen molar-refractivity contribution in [2.45, 2.75) is 13.8 Å². The van der Waals surface area contributed by atoms with Gasteiger partial charge >= 0.3 is 0 Å². The molecule has 0 aliphatic heterocycles. The summed E-state index contributed by atoms with van der Waals surface area (Å²) in [5.74, 6) is 2.88. The van der Waals surface area contributed by atoms with E-state index in [4.69, 9.17) is 6.42 Å². The van der Waals surface area contributed by atoms with Gasteiger partial charge in [-0.1, -0.05) is 84.8 Å². The summed E-state index contributed by atoms with van der Waals surface area (Å²) in [6, 6.07) is 33.4. The van der Waals surface area contributed by atoms with Crippen LogP contribution >= 0.6 is 0 Å². The van der Waals surface area contributed by atoms with Gasteiger partial charge in [-0.05, 0) is 77.2 Å². The number of hydrogen-bond donors (Lipinski definition) is 0. The van der Waals surface area contributed by atoms with E-state index in [9.17, 15) is 0 Å². The number of benzene rings is 5. The number of nitrogens with zero attached hydrogens (tertiary/aromatic N) is 1. The highest BCUT2D eigenvalue weighted by Gasteiger charge is 2.18. The number of aromatic nitrogens is 1. The zero-order valence-corrected chi connectivity index (χ0v) is 20.9. The Kier molecular flexibility index (Phi) is 4.71. The largest absolute Gasteiger partial charge is 0.308 e. The first-order valence-electron chi connectivity index (χ1n) is 12.7. The normalized spacial score (nSPS) is 12.6. The lowest BCUT2D eigenvalue weighted by molar-refractivity contribution is 1.35. The molecule has 0 saturated heterocycles. The van der Waals surface area contributed by atoms with E-state index in [0.717, 1.165) is 11.1 Å². The summed E-state index contributed by atoms with van der Waals surface area (Å²) < 4.78 is 2.45. The van der Waals surface area contributed by atoms with Crippen LogP contribution in [0.1, 0.15) is 18.1 Å². The standard InChI is InChI=1S/C36H25N/c1-4-6-10-24(5-2)31-21-26(16-15-23(31)3)27-18-20-34-32(22-27)30-19-17-25-11-9-13-29-28-12-7-8-14-33(28)37(34)36(30)35(25)29/h2,4,6-22H,1,3H3/b6-4-,24-10+. The van der Waals surface area contributed by atoms with E-state index in [1.54, 1.807) is 0 Å². The number of pyridine rings is 1. The van der Waals surface area contributed by atoms with E-state index >= 15 is 0 Å². The Labute approximate surface area is 216 Å². The molecule has 0 saturated carbocycles. The zero-order chi connectivity index (χ0) is 25.1. The van der Waals surface area contributed by atoms with Crippen LogP contribution in [0.3, 0.4) is 0 Å². The predicted molar refractivity (Wildman–Crippen MR) is 160 cm³/mol. The van der Waals surface area contributed by atoms with E-state index in [1.165, 1.54) is 65.6 Å². The van der Waals surface area contributed by atoms with E-state index in [2.05, 4.69) is 108 Å². The first-order chi connectivity index (χ1) is 18.2. The van der Waals surface area contributed by atoms with Crippen LogP contribution in [0.25, 0.3) is 65.6 Å². The summed E-state index contributed by atoms with van der Waals surface area (Å²) >= 11 is 0. The summed E-state index contributed by atoms with van der Waals surface area (Å²) in [6.07, 6.45) is 11.9. The first kappa shape index (κ1) is 21.5. The molecule has 0 unspecified atom stereocenters. The Balaban J connectivity index is 1.54. The van der Waals surface area contributed by atoms with Gasteiger partial charge in [0.15, 0.2) is 0 Å². The van der Waals surface area contributed by atoms with Crippen molar-refractivity contribution in [2.24, 2.45) is 0 Å². The number of rotatable bonds is 3. The average Bonchev–Trinajstić information content (AvgIpc) is 3.28. The van der Waals surface area contributed by atoms with Gasteiger partial charge in [0.25, 0.3) is 0 Å². The molecule has 174 valence electrons. The topological polar surface area (TPSA) is 4.41 Å². The molecule has 0 atom stereocenters. The minimum absolute atomic E-state index is 0.900. The lowest BCUT2D eigenvalue weighted by Crippen LogP contribution is -1.92. The fourth-order valence-corrected chi connectivity index (χ4v) is 5.93. The second kappa shape index (κ2) is 8.12. The molecule has 37 heavy (non-hydrogen) atoms. The van der Waals surface area contributed by atoms with Crippen molar-refractivity contribution in [2.75, 3.05) is 0 Å². The number of allylic oxidation sites excluding steroid dienone is 4. The Bertz CT molecular complexity index is 2090. The van der Waals surface area contributed by atoms with Crippen molar-refractivity contribution in [1.82, 2.24) is 4.40 Å². The molecule has 0 fully saturated rings. The molecule has 0 bridgehead atoms. The van der Waals surface area contributed by atoms with Crippen molar-refractivity contribution in [3.63, 3.8) is 0 Å². The van der Waals surface area contributed by atoms with Crippen molar-refractivity contribution in [1.29, 1.82) is 0 Å². The lowest BCUT2D eigenvalue weighted by Gasteiger charge is -2.12. The monoisotopic (exact) mass is 471 g/mol. The average molecular weight is 472 g/mol. The van der Waals surface area contributed by atoms with Gasteiger partial charge in [0.1, 0.15) is 0 Å². The van der Waals surface area contributed by atoms with Crippen LogP contribution in [0.5, 0.6) is 0 Å². The molecular weight excluding hydrogens is 446 g/mol. The first-order valence-corrected chi connectivity index (χ1v) is 12.7. The van der Waals surface area contributed by atoms with Crippen LogP contribution in [0.2, 0.25) is 0 Å². The summed E-state index contributed by atoms with van der Waals surface area (Å²) in [4.78, 5) is 0. The zero-order valence-electron chi connectivity index (χ0n) is 20.9. The Morgan fingerprint density at radius 2 is 1.54 bits per heavy atom. The molecule has 2 heterocycles. The summed E-state index contributed by atoms with van der Waals surface area (Å²) in [5.41, 5.74) is 9.31. The molecule has 5 aromatic carbocycles. The molecule has 7 rings (SSSR count). The van der Waals surface area contributed by atoms with Gasteiger partial charge in [-0.25, -0.2) is 0 Å². The second-order valence-electron chi connectivity index (χ2n) is 9.73. The van der Waals surface area contributed by atoms with Gasteiger partial charge in [0.2, 0.25) is 0 Å². The maximum Gasteiger partial charge on any atom is 0.0625 e. The molecule has 1 nitrogen and oxygen atoms in total. The van der Waals surface area contributed by atoms with E-state index in [-0.39, 0.29) is 0 Å². The van der Waals surface area contributed by atoms with Crippen molar-refractivity contribution in [3.8, 4) is 23.5 Å². The van der Waals surface area contributed by atoms with Crippen LogP contribution < -0.4 is 0 Å². The van der Waals surface area contributed by atoms with Gasteiger partial charge in [-0.15, -0.1) is 6.42 Å². The molecule has 0 radical (unpaired) electrons. The van der Waals surface area contributed by atoms with Crippen molar-refractivity contribution < 1.29 is 0 Å². The third-order valence-corrected chi connectivity index (χ3v) is 7.68. The number of aryl methyl sites for hydroxylation is 1. The van der Waals surface area contributed by atoms with Crippen LogP contribution in [-0.4, -0.2) is 4.40 Å². The van der Waals surface area contributed by atoms with Gasteiger partial charge in [0, 0.05) is 27.1 Å². The molecule has 0 aliphatic rings. The Hall–Kier alpha value is -4.80. The summed E-state index contributed by atoms with van der Waals surface area (Å²) in [6.45, 7) is 4.12. The van der Waals surface area contributed by atoms with E-state index < -0.39 is 0 Å². The van der Waals surface area contributed by atoms with Gasteiger partial charge in [0.05, 0.1) is 16.6 Å². The maximum atomic E-state index is 5.89. The van der Waals surface area contributed by atoms with E-state index in [1.807, 2.05) is 25.2 Å². The van der Waals surface area contributed by atoms with Gasteiger partial charge < -0.3 is 4.40 Å². The number of fused-ring (bicyclic) bond motifs is 6. The van der Waals surface area contributed by atoms with E-state index in [0.29, 0.717) is 0 Å². The highest BCUT2D eigenvalue weighted by atomic mass is 14.9. The summed E-state index contributed by atoms with van der Waals surface area (Å²) in [5, 5.41) is 7.77. The number of para-hydroxylation sites is 1. The molecule has 0 aliphatic carbocycles. The minimum atomic E-state index is 0.900. The quantitative estimate of drug-likeness (QED) is 0.105. The third kappa shape index (κ3) is 3.06. The lowest BCUT2D eigenvalue weighted by atomic mass is 9.94. The predicted octanol–water partition coefficient (Wildman–Crippen LogP) is 9.56. The highest BCUT2D eigenvalue weighted by molar-refractivity contribution is 6.28. The highest BCUT2D eigenvalue weighted by Crippen LogP contribution is 2.42. The smallest absolute Gasteiger partial charge is 0.0625 e. The number of terminal acetylenes is 1. The van der Waals surface area contributed by atoms with Gasteiger partial charge in [-0.2, -0.15) is 0 Å². The van der Waals surface area contributed by atoms with Crippen molar-refractivity contribution >= 4 is 54.4 Å². The van der Waals surface area contributed by atoms with Crippen molar-refractivity contribution in [3.05, 3.63) is 120 Å². The molecule has 2 aromatic heterocycles. The van der Waals surface area contributed by atoms with Crippen LogP contribution in [-0.2, 0) is 0 Å². The van der Waals surface area contributed by atoms with Crippen LogP contribution in [0, 0.1) is 19.3 Å². The van der Waals surface area contributed by atoms with Crippen LogP contribution in [0.4, 0.5) is 0 Å². The fraction of sp³-hybridized carbons (Fsp3) is 0.0556. The van der Waals surface area contributed by atoms with Gasteiger partial charge in [-0.3, -0.25) is 0 Å². The fourth-order valence-electron chi connectivity index (χ4n) is 5.93. The SMILES string of the molecule is C#C/C(=C\C=C/C)c1cc(-c2ccc3c(c2)c2ccc4cccc5c6ccccc6n3c2c45)ccc1C. The Morgan fingerprint density at radius 3 is 2.41 bits per heavy atom. The molecule has 1 heteroatoms.